The quantitative estimate of drug-likeness (QED) is 0.693. The standard InChI is InChI=1S/C13H16ClN5O2/c1-13(2,3)15-7-9-8-18(17-16-9)12-5-4-10(19(20)21)6-11(12)14/h4-6,8,15H,7H2,1-3H3. The zero-order valence-corrected chi connectivity index (χ0v) is 12.8. The van der Waals surface area contributed by atoms with E-state index in [0.29, 0.717) is 12.2 Å². The van der Waals surface area contributed by atoms with Crippen LogP contribution in [0, 0.1) is 10.1 Å². The molecule has 0 aliphatic rings. The van der Waals surface area contributed by atoms with Gasteiger partial charge in [0, 0.05) is 24.2 Å². The first kappa shape index (κ1) is 15.4. The molecule has 0 bridgehead atoms. The van der Waals surface area contributed by atoms with Crippen molar-refractivity contribution in [2.24, 2.45) is 0 Å². The SMILES string of the molecule is CC(C)(C)NCc1cn(-c2ccc([N+](=O)[O-])cc2Cl)nn1. The second kappa shape index (κ2) is 5.79. The van der Waals surface area contributed by atoms with E-state index in [9.17, 15) is 10.1 Å². The number of halogens is 1. The van der Waals surface area contributed by atoms with Crippen molar-refractivity contribution in [1.29, 1.82) is 0 Å². The van der Waals surface area contributed by atoms with Gasteiger partial charge in [0.1, 0.15) is 0 Å². The monoisotopic (exact) mass is 309 g/mol. The summed E-state index contributed by atoms with van der Waals surface area (Å²) in [5, 5.41) is 22.3. The second-order valence-corrected chi connectivity index (χ2v) is 6.06. The second-order valence-electron chi connectivity index (χ2n) is 5.65. The predicted molar refractivity (Wildman–Crippen MR) is 79.6 cm³/mol. The van der Waals surface area contributed by atoms with Crippen LogP contribution in [0.5, 0.6) is 0 Å². The summed E-state index contributed by atoms with van der Waals surface area (Å²) >= 11 is 6.06. The number of hydrogen-bond acceptors (Lipinski definition) is 5. The summed E-state index contributed by atoms with van der Waals surface area (Å²) < 4.78 is 1.51. The summed E-state index contributed by atoms with van der Waals surface area (Å²) in [6, 6.07) is 4.23. The molecule has 8 heteroatoms. The number of nitrogens with zero attached hydrogens (tertiary/aromatic N) is 4. The Morgan fingerprint density at radius 1 is 1.43 bits per heavy atom. The van der Waals surface area contributed by atoms with Crippen molar-refractivity contribution in [3.8, 4) is 5.69 Å². The lowest BCUT2D eigenvalue weighted by atomic mass is 10.1. The number of non-ortho nitro benzene ring substituents is 1. The van der Waals surface area contributed by atoms with Gasteiger partial charge in [0.05, 0.1) is 27.5 Å². The van der Waals surface area contributed by atoms with Gasteiger partial charge in [-0.15, -0.1) is 5.10 Å². The van der Waals surface area contributed by atoms with E-state index in [4.69, 9.17) is 11.6 Å². The van der Waals surface area contributed by atoms with Crippen LogP contribution in [0.15, 0.2) is 24.4 Å². The molecule has 1 heterocycles. The fourth-order valence-corrected chi connectivity index (χ4v) is 1.91. The highest BCUT2D eigenvalue weighted by atomic mass is 35.5. The molecule has 1 aromatic heterocycles. The van der Waals surface area contributed by atoms with Gasteiger partial charge < -0.3 is 5.32 Å². The molecule has 0 fully saturated rings. The number of nitro groups is 1. The van der Waals surface area contributed by atoms with Crippen molar-refractivity contribution >= 4 is 17.3 Å². The van der Waals surface area contributed by atoms with Crippen LogP contribution >= 0.6 is 11.6 Å². The number of benzene rings is 1. The van der Waals surface area contributed by atoms with Gasteiger partial charge in [-0.1, -0.05) is 16.8 Å². The summed E-state index contributed by atoms with van der Waals surface area (Å²) in [6.07, 6.45) is 1.74. The molecule has 21 heavy (non-hydrogen) atoms. The summed E-state index contributed by atoms with van der Waals surface area (Å²) in [6.45, 7) is 6.76. The van der Waals surface area contributed by atoms with Gasteiger partial charge in [-0.05, 0) is 26.8 Å². The predicted octanol–water partition coefficient (Wildman–Crippen LogP) is 2.72. The molecule has 1 aromatic carbocycles. The van der Waals surface area contributed by atoms with E-state index >= 15 is 0 Å². The Balaban J connectivity index is 2.20. The van der Waals surface area contributed by atoms with Crippen molar-refractivity contribution in [3.05, 3.63) is 45.2 Å². The highest BCUT2D eigenvalue weighted by Crippen LogP contribution is 2.25. The molecule has 0 saturated carbocycles. The fraction of sp³-hybridized carbons (Fsp3) is 0.385. The maximum atomic E-state index is 10.7. The van der Waals surface area contributed by atoms with Crippen LogP contribution in [-0.2, 0) is 6.54 Å². The molecule has 0 spiro atoms. The lowest BCUT2D eigenvalue weighted by molar-refractivity contribution is -0.384. The Hall–Kier alpha value is -1.99. The van der Waals surface area contributed by atoms with E-state index in [1.165, 1.54) is 16.8 Å². The van der Waals surface area contributed by atoms with E-state index in [-0.39, 0.29) is 16.2 Å². The Morgan fingerprint density at radius 3 is 2.71 bits per heavy atom. The molecule has 2 aromatic rings. The number of nitro benzene ring substituents is 1. The average Bonchev–Trinajstić information content (AvgIpc) is 2.84. The van der Waals surface area contributed by atoms with Crippen molar-refractivity contribution in [1.82, 2.24) is 20.3 Å². The third kappa shape index (κ3) is 3.99. The zero-order valence-electron chi connectivity index (χ0n) is 12.0. The smallest absolute Gasteiger partial charge is 0.271 e. The van der Waals surface area contributed by atoms with Crippen molar-refractivity contribution < 1.29 is 4.92 Å². The van der Waals surface area contributed by atoms with Gasteiger partial charge in [0.15, 0.2) is 0 Å². The lowest BCUT2D eigenvalue weighted by Gasteiger charge is -2.19. The van der Waals surface area contributed by atoms with Crippen LogP contribution in [0.25, 0.3) is 5.69 Å². The minimum atomic E-state index is -0.490. The van der Waals surface area contributed by atoms with Crippen LogP contribution in [-0.4, -0.2) is 25.5 Å². The summed E-state index contributed by atoms with van der Waals surface area (Å²) in [5.41, 5.74) is 1.24. The molecular weight excluding hydrogens is 294 g/mol. The van der Waals surface area contributed by atoms with Crippen molar-refractivity contribution in [3.63, 3.8) is 0 Å². The van der Waals surface area contributed by atoms with Crippen molar-refractivity contribution in [2.75, 3.05) is 0 Å². The minimum absolute atomic E-state index is 0.0191. The molecule has 0 aliphatic heterocycles. The van der Waals surface area contributed by atoms with E-state index in [1.54, 1.807) is 12.3 Å². The number of nitrogens with one attached hydrogen (secondary N) is 1. The van der Waals surface area contributed by atoms with E-state index < -0.39 is 4.92 Å². The minimum Gasteiger partial charge on any atom is -0.306 e. The Bertz CT molecular complexity index is 663. The Morgan fingerprint density at radius 2 is 2.14 bits per heavy atom. The zero-order chi connectivity index (χ0) is 15.6. The molecule has 0 unspecified atom stereocenters. The van der Waals surface area contributed by atoms with Crippen LogP contribution in [0.1, 0.15) is 26.5 Å². The van der Waals surface area contributed by atoms with Gasteiger partial charge >= 0.3 is 0 Å². The van der Waals surface area contributed by atoms with Gasteiger partial charge in [-0.3, -0.25) is 10.1 Å². The van der Waals surface area contributed by atoms with Crippen LogP contribution in [0.3, 0.4) is 0 Å². The first-order valence-electron chi connectivity index (χ1n) is 6.37. The largest absolute Gasteiger partial charge is 0.306 e. The molecular formula is C13H16ClN5O2. The van der Waals surface area contributed by atoms with Crippen LogP contribution in [0.4, 0.5) is 5.69 Å². The van der Waals surface area contributed by atoms with Gasteiger partial charge in [0.2, 0.25) is 0 Å². The molecule has 0 radical (unpaired) electrons. The van der Waals surface area contributed by atoms with Gasteiger partial charge in [-0.2, -0.15) is 0 Å². The maximum Gasteiger partial charge on any atom is 0.271 e. The molecule has 0 aliphatic carbocycles. The van der Waals surface area contributed by atoms with Gasteiger partial charge in [0.25, 0.3) is 5.69 Å². The Labute approximate surface area is 127 Å². The average molecular weight is 310 g/mol. The maximum absolute atomic E-state index is 10.7. The highest BCUT2D eigenvalue weighted by molar-refractivity contribution is 6.32. The molecule has 1 N–H and O–H groups in total. The topological polar surface area (TPSA) is 85.9 Å². The number of aromatic nitrogens is 3. The third-order valence-corrected chi connectivity index (χ3v) is 3.03. The number of rotatable bonds is 4. The van der Waals surface area contributed by atoms with E-state index in [2.05, 4.69) is 36.4 Å². The highest BCUT2D eigenvalue weighted by Gasteiger charge is 2.13. The molecule has 112 valence electrons. The fourth-order valence-electron chi connectivity index (χ4n) is 1.65. The summed E-state index contributed by atoms with van der Waals surface area (Å²) in [4.78, 5) is 10.2. The van der Waals surface area contributed by atoms with Crippen LogP contribution in [0.2, 0.25) is 5.02 Å². The van der Waals surface area contributed by atoms with E-state index in [0.717, 1.165) is 5.69 Å². The molecule has 7 nitrogen and oxygen atoms in total. The molecule has 0 amide bonds. The first-order valence-corrected chi connectivity index (χ1v) is 6.74. The van der Waals surface area contributed by atoms with Crippen LogP contribution < -0.4 is 5.32 Å². The molecule has 0 saturated heterocycles. The number of hydrogen-bond donors (Lipinski definition) is 1. The normalized spacial score (nSPS) is 11.6. The first-order chi connectivity index (χ1) is 9.76. The Kier molecular flexibility index (Phi) is 4.24. The lowest BCUT2D eigenvalue weighted by Crippen LogP contribution is -2.35. The van der Waals surface area contributed by atoms with Crippen molar-refractivity contribution in [2.45, 2.75) is 32.9 Å². The van der Waals surface area contributed by atoms with Gasteiger partial charge in [-0.25, -0.2) is 4.68 Å². The third-order valence-electron chi connectivity index (χ3n) is 2.73. The molecule has 0 atom stereocenters. The van der Waals surface area contributed by atoms with E-state index in [1.807, 2.05) is 0 Å². The summed E-state index contributed by atoms with van der Waals surface area (Å²) in [5.74, 6) is 0. The summed E-state index contributed by atoms with van der Waals surface area (Å²) in [7, 11) is 0. The molecule has 2 rings (SSSR count).